The number of nitrogens with one attached hydrogen (secondary N) is 3. The van der Waals surface area contributed by atoms with Gasteiger partial charge in [0.25, 0.3) is 5.91 Å². The van der Waals surface area contributed by atoms with Crippen molar-refractivity contribution >= 4 is 29.3 Å². The summed E-state index contributed by atoms with van der Waals surface area (Å²) in [4.78, 5) is 42.6. The summed E-state index contributed by atoms with van der Waals surface area (Å²) in [5, 5.41) is 18.5. The van der Waals surface area contributed by atoms with Gasteiger partial charge in [-0.1, -0.05) is 32.3 Å². The second-order valence-electron chi connectivity index (χ2n) is 11.1. The third-order valence-electron chi connectivity index (χ3n) is 7.78. The van der Waals surface area contributed by atoms with Gasteiger partial charge < -0.3 is 35.6 Å². The van der Waals surface area contributed by atoms with Crippen LogP contribution in [0.4, 0.5) is 25.4 Å². The third kappa shape index (κ3) is 7.66. The largest absolute Gasteiger partial charge is 0.485 e. The van der Waals surface area contributed by atoms with Gasteiger partial charge in [0.05, 0.1) is 30.4 Å². The molecule has 1 fully saturated rings. The smallest absolute Gasteiger partial charge is 0.321 e. The summed E-state index contributed by atoms with van der Waals surface area (Å²) in [5.41, 5.74) is 1.05. The number of anilines is 2. The third-order valence-corrected chi connectivity index (χ3v) is 7.78. The van der Waals surface area contributed by atoms with Crippen molar-refractivity contribution in [1.82, 2.24) is 15.1 Å². The van der Waals surface area contributed by atoms with E-state index in [4.69, 9.17) is 4.74 Å². The molecule has 0 bridgehead atoms. The second-order valence-corrected chi connectivity index (χ2v) is 11.1. The lowest BCUT2D eigenvalue weighted by Crippen LogP contribution is -2.50. The van der Waals surface area contributed by atoms with Gasteiger partial charge in [-0.3, -0.25) is 4.79 Å². The number of carbonyl (C=O) groups is 3. The van der Waals surface area contributed by atoms with E-state index in [0.717, 1.165) is 25.7 Å². The van der Waals surface area contributed by atoms with Gasteiger partial charge in [0.1, 0.15) is 11.9 Å². The molecule has 0 spiro atoms. The van der Waals surface area contributed by atoms with Crippen molar-refractivity contribution in [3.8, 4) is 5.75 Å². The molecule has 1 saturated carbocycles. The van der Waals surface area contributed by atoms with Crippen LogP contribution in [0.3, 0.4) is 0 Å². The van der Waals surface area contributed by atoms with Crippen molar-refractivity contribution in [2.75, 3.05) is 37.4 Å². The number of urea groups is 2. The summed E-state index contributed by atoms with van der Waals surface area (Å²) in [6.07, 6.45) is 4.60. The number of aliphatic hydroxyl groups excluding tert-OH is 1. The monoisotopic (exact) mass is 569 g/mol. The minimum atomic E-state index is -0.566. The minimum absolute atomic E-state index is 0.0961. The quantitative estimate of drug-likeness (QED) is 0.386. The molecule has 2 aromatic rings. The van der Waals surface area contributed by atoms with E-state index in [9.17, 15) is 23.9 Å². The van der Waals surface area contributed by atoms with E-state index < -0.39 is 24.0 Å². The predicted octanol–water partition coefficient (Wildman–Crippen LogP) is 4.66. The maximum absolute atomic E-state index is 13.7. The first-order valence-electron chi connectivity index (χ1n) is 14.2. The van der Waals surface area contributed by atoms with E-state index in [1.165, 1.54) is 35.6 Å². The number of para-hydroxylation sites is 1. The zero-order valence-electron chi connectivity index (χ0n) is 23.9. The Bertz CT molecular complexity index is 1220. The highest BCUT2D eigenvalue weighted by Crippen LogP contribution is 2.35. The van der Waals surface area contributed by atoms with Crippen LogP contribution >= 0.6 is 0 Å². The fourth-order valence-electron chi connectivity index (χ4n) is 5.26. The van der Waals surface area contributed by atoms with Crippen LogP contribution in [-0.2, 0) is 0 Å². The van der Waals surface area contributed by atoms with Crippen molar-refractivity contribution in [3.05, 3.63) is 53.8 Å². The number of aliphatic hydroxyl groups is 1. The van der Waals surface area contributed by atoms with Crippen LogP contribution < -0.4 is 20.7 Å². The Hall–Kier alpha value is -3.86. The van der Waals surface area contributed by atoms with Crippen molar-refractivity contribution in [2.24, 2.45) is 5.92 Å². The van der Waals surface area contributed by atoms with E-state index >= 15 is 0 Å². The molecular weight excluding hydrogens is 529 g/mol. The van der Waals surface area contributed by atoms with Gasteiger partial charge in [-0.15, -0.1) is 0 Å². The predicted molar refractivity (Wildman–Crippen MR) is 155 cm³/mol. The van der Waals surface area contributed by atoms with Crippen molar-refractivity contribution in [1.29, 1.82) is 0 Å². The average molecular weight is 570 g/mol. The SMILES string of the molecule is C[C@H]1CN([C@@H](C)CO)C(=O)c2cccc(NC(=O)NC3CCCCC3)c2O[C@@H]1CN(C)C(=O)Nc1ccc(F)cc1. The number of benzene rings is 2. The first-order valence-corrected chi connectivity index (χ1v) is 14.2. The molecule has 41 heavy (non-hydrogen) atoms. The zero-order chi connectivity index (χ0) is 29.5. The molecule has 222 valence electrons. The molecule has 2 aromatic carbocycles. The highest BCUT2D eigenvalue weighted by atomic mass is 19.1. The van der Waals surface area contributed by atoms with Crippen LogP contribution in [0.15, 0.2) is 42.5 Å². The number of likely N-dealkylation sites (N-methyl/N-ethyl adjacent to an activating group) is 1. The Morgan fingerprint density at radius 2 is 1.83 bits per heavy atom. The van der Waals surface area contributed by atoms with Gasteiger partial charge in [-0.05, 0) is 56.2 Å². The molecule has 0 saturated heterocycles. The summed E-state index contributed by atoms with van der Waals surface area (Å²) >= 11 is 0. The Kier molecular flexibility index (Phi) is 10.0. The standard InChI is InChI=1S/C30H40FN5O5/c1-19-16-36(20(2)18-37)28(38)24-10-7-11-25(34-29(39)32-22-8-5-4-6-9-22)27(24)41-26(19)17-35(3)30(40)33-23-14-12-21(31)13-15-23/h7,10-15,19-20,22,26,37H,4-6,8-9,16-18H2,1-3H3,(H,33,40)(H2,32,34,39)/t19-,20-,26+/m0/s1. The second kappa shape index (κ2) is 13.7. The van der Waals surface area contributed by atoms with Crippen LogP contribution in [0.2, 0.25) is 0 Å². The van der Waals surface area contributed by atoms with E-state index in [-0.39, 0.29) is 54.9 Å². The van der Waals surface area contributed by atoms with E-state index in [2.05, 4.69) is 16.0 Å². The van der Waals surface area contributed by atoms with Crippen molar-refractivity contribution in [3.63, 3.8) is 0 Å². The first kappa shape index (κ1) is 30.1. The maximum atomic E-state index is 13.7. The maximum Gasteiger partial charge on any atom is 0.321 e. The Balaban J connectivity index is 1.58. The minimum Gasteiger partial charge on any atom is -0.485 e. The average Bonchev–Trinajstić information content (AvgIpc) is 2.96. The molecule has 10 nitrogen and oxygen atoms in total. The molecule has 1 heterocycles. The lowest BCUT2D eigenvalue weighted by Gasteiger charge is -2.38. The van der Waals surface area contributed by atoms with Crippen LogP contribution in [0.5, 0.6) is 5.75 Å². The molecule has 0 unspecified atom stereocenters. The lowest BCUT2D eigenvalue weighted by molar-refractivity contribution is 0.0373. The van der Waals surface area contributed by atoms with Gasteiger partial charge >= 0.3 is 12.1 Å². The number of halogens is 1. The van der Waals surface area contributed by atoms with E-state index in [1.807, 2.05) is 6.92 Å². The van der Waals surface area contributed by atoms with Gasteiger partial charge in [0.2, 0.25) is 0 Å². The van der Waals surface area contributed by atoms with Gasteiger partial charge in [0.15, 0.2) is 5.75 Å². The van der Waals surface area contributed by atoms with E-state index in [1.54, 1.807) is 37.1 Å². The fraction of sp³-hybridized carbons (Fsp3) is 0.500. The molecule has 3 atom stereocenters. The summed E-state index contributed by atoms with van der Waals surface area (Å²) < 4.78 is 19.8. The lowest BCUT2D eigenvalue weighted by atomic mass is 9.96. The Morgan fingerprint density at radius 1 is 1.12 bits per heavy atom. The number of hydrogen-bond donors (Lipinski definition) is 4. The molecule has 2 aliphatic rings. The summed E-state index contributed by atoms with van der Waals surface area (Å²) in [5.74, 6) is -0.743. The Labute approximate surface area is 240 Å². The number of amides is 5. The van der Waals surface area contributed by atoms with Gasteiger partial charge in [-0.2, -0.15) is 0 Å². The van der Waals surface area contributed by atoms with Gasteiger partial charge in [-0.25, -0.2) is 14.0 Å². The summed E-state index contributed by atoms with van der Waals surface area (Å²) in [6, 6.07) is 9.33. The number of rotatable bonds is 7. The van der Waals surface area contributed by atoms with Crippen LogP contribution in [0, 0.1) is 11.7 Å². The molecular formula is C30H40FN5O5. The highest BCUT2D eigenvalue weighted by Gasteiger charge is 2.35. The van der Waals surface area contributed by atoms with Crippen molar-refractivity contribution in [2.45, 2.75) is 64.1 Å². The Morgan fingerprint density at radius 3 is 2.51 bits per heavy atom. The topological polar surface area (TPSA) is 123 Å². The summed E-state index contributed by atoms with van der Waals surface area (Å²) in [6.45, 7) is 3.91. The molecule has 0 aromatic heterocycles. The highest BCUT2D eigenvalue weighted by molar-refractivity contribution is 6.01. The molecule has 1 aliphatic heterocycles. The number of hydrogen-bond acceptors (Lipinski definition) is 5. The van der Waals surface area contributed by atoms with Crippen LogP contribution in [0.1, 0.15) is 56.3 Å². The van der Waals surface area contributed by atoms with Gasteiger partial charge in [0, 0.05) is 31.2 Å². The number of fused-ring (bicyclic) bond motifs is 1. The molecule has 0 radical (unpaired) electrons. The number of ether oxygens (including phenoxy) is 1. The van der Waals surface area contributed by atoms with E-state index in [0.29, 0.717) is 11.4 Å². The normalized spacial score (nSPS) is 20.1. The van der Waals surface area contributed by atoms with Crippen LogP contribution in [-0.4, -0.2) is 77.8 Å². The molecule has 1 aliphatic carbocycles. The number of carbonyl (C=O) groups excluding carboxylic acids is 3. The molecule has 11 heteroatoms. The summed E-state index contributed by atoms with van der Waals surface area (Å²) in [7, 11) is 1.62. The molecule has 4 N–H and O–H groups in total. The zero-order valence-corrected chi connectivity index (χ0v) is 23.9. The van der Waals surface area contributed by atoms with Crippen molar-refractivity contribution < 1.29 is 28.6 Å². The number of nitrogens with zero attached hydrogens (tertiary/aromatic N) is 2. The van der Waals surface area contributed by atoms with Crippen LogP contribution in [0.25, 0.3) is 0 Å². The molecule has 5 amide bonds. The molecule has 4 rings (SSSR count). The first-order chi connectivity index (χ1) is 19.7. The fourth-order valence-corrected chi connectivity index (χ4v) is 5.26.